The summed E-state index contributed by atoms with van der Waals surface area (Å²) in [6.07, 6.45) is 2.43. The molecule has 0 aliphatic carbocycles. The molecule has 3 rings (SSSR count). The van der Waals surface area contributed by atoms with Crippen molar-refractivity contribution >= 4 is 5.78 Å². The van der Waals surface area contributed by atoms with Gasteiger partial charge in [0, 0.05) is 18.2 Å². The molecule has 0 amide bonds. The van der Waals surface area contributed by atoms with Gasteiger partial charge in [-0.25, -0.2) is 0 Å². The molecule has 0 radical (unpaired) electrons. The van der Waals surface area contributed by atoms with Gasteiger partial charge in [-0.2, -0.15) is 0 Å². The van der Waals surface area contributed by atoms with Gasteiger partial charge in [0.2, 0.25) is 0 Å². The van der Waals surface area contributed by atoms with E-state index >= 15 is 0 Å². The van der Waals surface area contributed by atoms with Crippen molar-refractivity contribution in [3.8, 4) is 22.4 Å². The number of hydrogen-bond donors (Lipinski definition) is 1. The summed E-state index contributed by atoms with van der Waals surface area (Å²) in [6.45, 7) is 1.90. The summed E-state index contributed by atoms with van der Waals surface area (Å²) in [7, 11) is 0. The normalized spacial score (nSPS) is 10.5. The number of aromatic nitrogens is 1. The second-order valence-electron chi connectivity index (χ2n) is 4.96. The van der Waals surface area contributed by atoms with Crippen LogP contribution in [0.15, 0.2) is 66.9 Å². The number of H-pyrrole nitrogens is 1. The number of carbonyl (C=O) groups excluding carboxylic acids is 1. The first kappa shape index (κ1) is 13.4. The van der Waals surface area contributed by atoms with Gasteiger partial charge in [-0.15, -0.1) is 0 Å². The minimum absolute atomic E-state index is 0.161. The van der Waals surface area contributed by atoms with E-state index in [-0.39, 0.29) is 5.78 Å². The number of ketones is 1. The highest BCUT2D eigenvalue weighted by Crippen LogP contribution is 2.32. The van der Waals surface area contributed by atoms with Crippen LogP contribution in [0.4, 0.5) is 0 Å². The Morgan fingerprint density at radius 2 is 1.48 bits per heavy atom. The first-order chi connectivity index (χ1) is 10.3. The van der Waals surface area contributed by atoms with Crippen LogP contribution in [0.2, 0.25) is 0 Å². The molecular weight excluding hydrogens is 258 g/mol. The summed E-state index contributed by atoms with van der Waals surface area (Å²) in [5.74, 6) is 0.161. The van der Waals surface area contributed by atoms with Crippen LogP contribution in [0.1, 0.15) is 23.7 Å². The fourth-order valence-electron chi connectivity index (χ4n) is 2.57. The number of aromatic amines is 1. The lowest BCUT2D eigenvalue weighted by molar-refractivity contribution is 0.0989. The molecule has 2 nitrogen and oxygen atoms in total. The van der Waals surface area contributed by atoms with Crippen molar-refractivity contribution < 1.29 is 4.79 Å². The van der Waals surface area contributed by atoms with Crippen LogP contribution in [0.25, 0.3) is 22.4 Å². The topological polar surface area (TPSA) is 32.9 Å². The van der Waals surface area contributed by atoms with Crippen molar-refractivity contribution in [3.63, 3.8) is 0 Å². The Labute approximate surface area is 124 Å². The van der Waals surface area contributed by atoms with Gasteiger partial charge in [0.15, 0.2) is 5.78 Å². The standard InChI is InChI=1S/C19H17NO/c1-2-17(21)18-16(14-9-5-3-6-10-14)13-20-19(18)15-11-7-4-8-12-15/h3-13,20H,2H2,1H3. The summed E-state index contributed by atoms with van der Waals surface area (Å²) in [5.41, 5.74) is 4.77. The van der Waals surface area contributed by atoms with Gasteiger partial charge in [-0.3, -0.25) is 4.79 Å². The highest BCUT2D eigenvalue weighted by Gasteiger charge is 2.19. The van der Waals surface area contributed by atoms with Crippen molar-refractivity contribution in [2.24, 2.45) is 0 Å². The van der Waals surface area contributed by atoms with E-state index in [1.54, 1.807) is 0 Å². The second-order valence-corrected chi connectivity index (χ2v) is 4.96. The minimum atomic E-state index is 0.161. The van der Waals surface area contributed by atoms with Crippen molar-refractivity contribution in [1.29, 1.82) is 0 Å². The summed E-state index contributed by atoms with van der Waals surface area (Å²) in [4.78, 5) is 15.7. The van der Waals surface area contributed by atoms with Crippen LogP contribution >= 0.6 is 0 Å². The fraction of sp³-hybridized carbons (Fsp3) is 0.105. The Hall–Kier alpha value is -2.61. The number of rotatable bonds is 4. The zero-order chi connectivity index (χ0) is 14.7. The van der Waals surface area contributed by atoms with Crippen molar-refractivity contribution in [3.05, 3.63) is 72.4 Å². The molecule has 2 aromatic carbocycles. The molecule has 1 aromatic heterocycles. The third kappa shape index (κ3) is 2.52. The summed E-state index contributed by atoms with van der Waals surface area (Å²) in [5, 5.41) is 0. The molecule has 0 spiro atoms. The molecule has 0 aliphatic heterocycles. The van der Waals surface area contributed by atoms with Crippen LogP contribution < -0.4 is 0 Å². The fourth-order valence-corrected chi connectivity index (χ4v) is 2.57. The highest BCUT2D eigenvalue weighted by molar-refractivity contribution is 6.07. The van der Waals surface area contributed by atoms with Gasteiger partial charge < -0.3 is 4.98 Å². The van der Waals surface area contributed by atoms with E-state index in [4.69, 9.17) is 0 Å². The number of hydrogen-bond acceptors (Lipinski definition) is 1. The molecule has 1 heterocycles. The molecule has 0 aliphatic rings. The first-order valence-corrected chi connectivity index (χ1v) is 7.16. The average Bonchev–Trinajstić information content (AvgIpc) is 3.00. The zero-order valence-corrected chi connectivity index (χ0v) is 12.0. The Morgan fingerprint density at radius 3 is 2.05 bits per heavy atom. The van der Waals surface area contributed by atoms with Crippen LogP contribution in [0.5, 0.6) is 0 Å². The van der Waals surface area contributed by atoms with E-state index in [9.17, 15) is 4.79 Å². The van der Waals surface area contributed by atoms with Crippen LogP contribution in [-0.2, 0) is 0 Å². The van der Waals surface area contributed by atoms with Gasteiger partial charge in [-0.05, 0) is 11.1 Å². The van der Waals surface area contributed by atoms with E-state index in [1.165, 1.54) is 0 Å². The molecule has 0 unspecified atom stereocenters. The maximum atomic E-state index is 12.4. The van der Waals surface area contributed by atoms with Gasteiger partial charge >= 0.3 is 0 Å². The van der Waals surface area contributed by atoms with E-state index in [0.717, 1.165) is 27.9 Å². The Balaban J connectivity index is 2.19. The monoisotopic (exact) mass is 275 g/mol. The van der Waals surface area contributed by atoms with Crippen LogP contribution in [0, 0.1) is 0 Å². The molecule has 0 bridgehead atoms. The van der Waals surface area contributed by atoms with Crippen LogP contribution in [0.3, 0.4) is 0 Å². The maximum absolute atomic E-state index is 12.4. The van der Waals surface area contributed by atoms with Crippen molar-refractivity contribution in [2.45, 2.75) is 13.3 Å². The molecule has 0 saturated heterocycles. The van der Waals surface area contributed by atoms with E-state index < -0.39 is 0 Å². The molecular formula is C19H17NO. The van der Waals surface area contributed by atoms with Crippen LogP contribution in [-0.4, -0.2) is 10.8 Å². The molecule has 0 saturated carbocycles. The lowest BCUT2D eigenvalue weighted by atomic mass is 9.96. The number of carbonyl (C=O) groups is 1. The molecule has 2 heteroatoms. The van der Waals surface area contributed by atoms with Gasteiger partial charge in [0.25, 0.3) is 0 Å². The van der Waals surface area contributed by atoms with Gasteiger partial charge in [0.1, 0.15) is 0 Å². The molecule has 104 valence electrons. The predicted octanol–water partition coefficient (Wildman–Crippen LogP) is 4.94. The van der Waals surface area contributed by atoms with Crippen molar-refractivity contribution in [1.82, 2.24) is 4.98 Å². The minimum Gasteiger partial charge on any atom is -0.360 e. The highest BCUT2D eigenvalue weighted by atomic mass is 16.1. The van der Waals surface area contributed by atoms with E-state index in [0.29, 0.717) is 6.42 Å². The molecule has 0 fully saturated rings. The summed E-state index contributed by atoms with van der Waals surface area (Å²) in [6, 6.07) is 20.0. The average molecular weight is 275 g/mol. The second kappa shape index (κ2) is 5.80. The summed E-state index contributed by atoms with van der Waals surface area (Å²) >= 11 is 0. The Bertz CT molecular complexity index is 685. The third-order valence-electron chi connectivity index (χ3n) is 3.63. The molecule has 1 N–H and O–H groups in total. The smallest absolute Gasteiger partial charge is 0.165 e. The summed E-state index contributed by atoms with van der Waals surface area (Å²) < 4.78 is 0. The number of Topliss-reactive ketones (excluding diaryl/α,β-unsaturated/α-hetero) is 1. The molecule has 21 heavy (non-hydrogen) atoms. The van der Waals surface area contributed by atoms with Crippen molar-refractivity contribution in [2.75, 3.05) is 0 Å². The van der Waals surface area contributed by atoms with Gasteiger partial charge in [-0.1, -0.05) is 67.6 Å². The van der Waals surface area contributed by atoms with E-state index in [1.807, 2.05) is 73.8 Å². The molecule has 3 aromatic rings. The lowest BCUT2D eigenvalue weighted by Crippen LogP contribution is -1.99. The SMILES string of the molecule is CCC(=O)c1c(-c2ccccc2)c[nH]c1-c1ccccc1. The third-order valence-corrected chi connectivity index (χ3v) is 3.63. The number of nitrogens with one attached hydrogen (secondary N) is 1. The largest absolute Gasteiger partial charge is 0.360 e. The lowest BCUT2D eigenvalue weighted by Gasteiger charge is -2.06. The van der Waals surface area contributed by atoms with E-state index in [2.05, 4.69) is 4.98 Å². The zero-order valence-electron chi connectivity index (χ0n) is 12.0. The predicted molar refractivity (Wildman–Crippen MR) is 86.3 cm³/mol. The Kier molecular flexibility index (Phi) is 3.69. The number of benzene rings is 2. The first-order valence-electron chi connectivity index (χ1n) is 7.16. The van der Waals surface area contributed by atoms with Gasteiger partial charge in [0.05, 0.1) is 11.3 Å². The molecule has 0 atom stereocenters. The quantitative estimate of drug-likeness (QED) is 0.672. The maximum Gasteiger partial charge on any atom is 0.165 e. The Morgan fingerprint density at radius 1 is 0.905 bits per heavy atom.